The number of aliphatic hydroxyl groups excluding tert-OH is 24. The molecule has 0 aromatic rings. The van der Waals surface area contributed by atoms with E-state index in [1.807, 2.05) is 0 Å². The highest BCUT2D eigenvalue weighted by atomic mass is 16.8. The van der Waals surface area contributed by atoms with Gasteiger partial charge in [0.25, 0.3) is 0 Å². The molecular weight excluding hydrogens is 1380 g/mol. The number of carbonyl (C=O) groups is 4. The van der Waals surface area contributed by atoms with Crippen molar-refractivity contribution in [1.29, 1.82) is 0 Å². The fraction of sp³-hybridized carbons (Fsp3) is 0.923. The number of hydrogen-bond acceptors (Lipinski definition) is 40. The van der Waals surface area contributed by atoms with E-state index in [1.54, 1.807) is 0 Å². The molecule has 0 saturated carbocycles. The normalized spacial score (nSPS) is 51.5. The Labute approximate surface area is 562 Å². The lowest BCUT2D eigenvalue weighted by Gasteiger charge is -2.45. The second-order valence-electron chi connectivity index (χ2n) is 25.0. The van der Waals surface area contributed by atoms with Gasteiger partial charge in [-0.2, -0.15) is 0 Å². The third-order valence-corrected chi connectivity index (χ3v) is 18.1. The Hall–Kier alpha value is -4.36. The maximum atomic E-state index is 13.1. The average molecular weight is 1470 g/mol. The van der Waals surface area contributed by atoms with Crippen molar-refractivity contribution in [2.24, 2.45) is 0 Å². The van der Waals surface area contributed by atoms with E-state index in [2.05, 4.69) is 42.5 Å². The van der Waals surface area contributed by atoms with Crippen LogP contribution in [0.15, 0.2) is 0 Å². The minimum Gasteiger partial charge on any atom is -0.388 e. The van der Waals surface area contributed by atoms with E-state index in [0.717, 1.165) is 0 Å². The van der Waals surface area contributed by atoms with Crippen LogP contribution in [0.4, 0.5) is 19.2 Å². The van der Waals surface area contributed by atoms with Gasteiger partial charge >= 0.3 is 24.1 Å². The number of fused-ring (bicyclic) bond motifs is 16. The van der Waals surface area contributed by atoms with Crippen LogP contribution in [0.1, 0.15) is 0 Å². The molecule has 16 bridgehead atoms. The number of rotatable bonds is 0. The number of aliphatic hydroxyl groups is 24. The second kappa shape index (κ2) is 34.3. The van der Waals surface area contributed by atoms with Crippen LogP contribution in [0, 0.1) is 0 Å². The molecule has 0 aliphatic carbocycles. The molecule has 48 nitrogen and oxygen atoms in total. The van der Waals surface area contributed by atoms with Crippen LogP contribution in [-0.4, -0.2) is 445 Å². The minimum atomic E-state index is -2.16. The molecular formula is C52H88N8O40. The largest absolute Gasteiger partial charge is 0.388 e. The van der Waals surface area contributed by atoms with Gasteiger partial charge in [-0.15, -0.1) is 0 Å². The zero-order chi connectivity index (χ0) is 73.2. The summed E-state index contributed by atoms with van der Waals surface area (Å²) in [5.41, 5.74) is 0. The lowest BCUT2D eigenvalue weighted by Crippen LogP contribution is -2.66. The zero-order valence-corrected chi connectivity index (χ0v) is 52.0. The standard InChI is InChI=1S/C52H88N8O40/c61-17-9-1-53-49(85)54-2-10-18(62)26(70)35(79)43(90-10)98-44-36(80)28(72)20(64)12(92-44)4-57-51(87)58-6-14-22(66)30(74)39(83)47(94-14)100-48-40(84)32(76)24(68)16(96-48)8-60-52(88)59-7-15-23(67)31(75)38(82)46(95-15)99-45-37(81)29(73)21(65)13(93-45)5-56-50(86)55-3-11-19(63)27(71)34(78)42(91-11)97-41(89-9)33(77)25(17)69/h9-48,61-84H,1-8H2,(H2,53,54,85)(H2,55,56,86)(H2,57,58,87)(H2,59,60,88)/t9-,10-,11-,12-,13-,14-,15-,16-,17-,18-,19-,20-,21-,22-,23-,24-,25+,26+,27+,28+,29+,30+,31+,32+,33-,34-,35-,36-,37-,38-,39-,40-,41-,42-,43-,44-,45-,46-,47-,48-/m1/s1. The number of ether oxygens (including phenoxy) is 12. The van der Waals surface area contributed by atoms with Gasteiger partial charge in [0.2, 0.25) is 0 Å². The molecule has 0 aromatic heterocycles. The Balaban J connectivity index is 0.882. The summed E-state index contributed by atoms with van der Waals surface area (Å²) in [5, 5.41) is 278. The molecule has 9 aliphatic heterocycles. The van der Waals surface area contributed by atoms with Crippen LogP contribution in [0.3, 0.4) is 0 Å². The van der Waals surface area contributed by atoms with Crippen molar-refractivity contribution in [3.63, 3.8) is 0 Å². The summed E-state index contributed by atoms with van der Waals surface area (Å²) in [6.07, 6.45) is -80.4. The van der Waals surface area contributed by atoms with Crippen molar-refractivity contribution in [3.8, 4) is 0 Å². The molecule has 576 valence electrons. The van der Waals surface area contributed by atoms with Crippen LogP contribution in [0.2, 0.25) is 0 Å². The molecule has 32 N–H and O–H groups in total. The molecule has 0 unspecified atom stereocenters. The summed E-state index contributed by atoms with van der Waals surface area (Å²) in [6, 6.07) is -4.57. The first-order valence-corrected chi connectivity index (χ1v) is 31.4. The van der Waals surface area contributed by atoms with Crippen molar-refractivity contribution < 1.29 is 199 Å². The zero-order valence-electron chi connectivity index (χ0n) is 52.0. The van der Waals surface area contributed by atoms with Crippen LogP contribution in [0.5, 0.6) is 0 Å². The van der Waals surface area contributed by atoms with Crippen LogP contribution in [-0.2, 0) is 56.8 Å². The van der Waals surface area contributed by atoms with E-state index in [0.29, 0.717) is 0 Å². The Morgan fingerprint density at radius 2 is 0.260 bits per heavy atom. The average Bonchev–Trinajstić information content (AvgIpc) is 0.804. The summed E-state index contributed by atoms with van der Waals surface area (Å²) in [4.78, 5) is 52.5. The second-order valence-corrected chi connectivity index (χ2v) is 25.0. The highest BCUT2D eigenvalue weighted by Crippen LogP contribution is 2.34. The first-order valence-electron chi connectivity index (χ1n) is 31.4. The van der Waals surface area contributed by atoms with Gasteiger partial charge in [0.1, 0.15) is 195 Å². The molecule has 0 radical (unpaired) electrons. The molecule has 9 saturated heterocycles. The predicted octanol–water partition coefficient (Wildman–Crippen LogP) is -20.3. The minimum absolute atomic E-state index is 0.742. The van der Waals surface area contributed by atoms with Gasteiger partial charge in [-0.05, 0) is 0 Å². The van der Waals surface area contributed by atoms with Crippen molar-refractivity contribution in [2.45, 2.75) is 246 Å². The maximum absolute atomic E-state index is 13.1. The van der Waals surface area contributed by atoms with Crippen LogP contribution < -0.4 is 42.5 Å². The smallest absolute Gasteiger partial charge is 0.314 e. The molecule has 48 heteroatoms. The summed E-state index contributed by atoms with van der Waals surface area (Å²) >= 11 is 0. The molecule has 8 amide bonds. The predicted molar refractivity (Wildman–Crippen MR) is 303 cm³/mol. The molecule has 0 aromatic carbocycles. The highest BCUT2D eigenvalue weighted by Gasteiger charge is 2.56. The summed E-state index contributed by atoms with van der Waals surface area (Å²) < 4.78 is 66.9. The molecule has 9 aliphatic rings. The number of amides is 8. The van der Waals surface area contributed by atoms with Gasteiger partial charge in [-0.1, -0.05) is 0 Å². The highest BCUT2D eigenvalue weighted by molar-refractivity contribution is 5.75. The molecule has 40 atom stereocenters. The Kier molecular flexibility index (Phi) is 27.3. The topological polar surface area (TPSA) is 761 Å². The van der Waals surface area contributed by atoms with Gasteiger partial charge < -0.3 is 222 Å². The van der Waals surface area contributed by atoms with Gasteiger partial charge in [-0.3, -0.25) is 0 Å². The van der Waals surface area contributed by atoms with Gasteiger partial charge in [-0.25, -0.2) is 19.2 Å². The fourth-order valence-electron chi connectivity index (χ4n) is 11.9. The molecule has 9 heterocycles. The third kappa shape index (κ3) is 17.9. The van der Waals surface area contributed by atoms with E-state index < -0.39 is 322 Å². The van der Waals surface area contributed by atoms with E-state index in [1.165, 1.54) is 0 Å². The van der Waals surface area contributed by atoms with Crippen molar-refractivity contribution in [2.75, 3.05) is 52.4 Å². The van der Waals surface area contributed by atoms with Crippen molar-refractivity contribution in [3.05, 3.63) is 0 Å². The summed E-state index contributed by atoms with van der Waals surface area (Å²) in [7, 11) is 0. The fourth-order valence-corrected chi connectivity index (χ4v) is 11.9. The number of hydrogen-bond donors (Lipinski definition) is 32. The maximum Gasteiger partial charge on any atom is 0.314 e. The number of carbonyl (C=O) groups excluding carboxylic acids is 4. The summed E-state index contributed by atoms with van der Waals surface area (Å²) in [6.45, 7) is -5.93. The number of urea groups is 4. The molecule has 100 heavy (non-hydrogen) atoms. The molecule has 0 spiro atoms. The van der Waals surface area contributed by atoms with E-state index in [-0.39, 0.29) is 0 Å². The van der Waals surface area contributed by atoms with Gasteiger partial charge in [0.05, 0.1) is 0 Å². The van der Waals surface area contributed by atoms with Gasteiger partial charge in [0, 0.05) is 52.4 Å². The Morgan fingerprint density at radius 1 is 0.160 bits per heavy atom. The monoisotopic (exact) mass is 1460 g/mol. The lowest BCUT2D eigenvalue weighted by atomic mass is 9.97. The summed E-state index contributed by atoms with van der Waals surface area (Å²) in [5.74, 6) is 0. The van der Waals surface area contributed by atoms with Crippen LogP contribution in [0.25, 0.3) is 0 Å². The van der Waals surface area contributed by atoms with E-state index in [9.17, 15) is 142 Å². The van der Waals surface area contributed by atoms with Gasteiger partial charge in [0.15, 0.2) is 50.3 Å². The lowest BCUT2D eigenvalue weighted by molar-refractivity contribution is -0.372. The molecule has 9 fully saturated rings. The van der Waals surface area contributed by atoms with Crippen LogP contribution >= 0.6 is 0 Å². The van der Waals surface area contributed by atoms with E-state index >= 15 is 0 Å². The van der Waals surface area contributed by atoms with Crippen molar-refractivity contribution in [1.82, 2.24) is 42.5 Å². The third-order valence-electron chi connectivity index (χ3n) is 18.1. The first-order chi connectivity index (χ1) is 47.2. The SMILES string of the molecule is O=C1NC[C@H]2O[C@H](O[C@H]3O[C@H](CNC(=O)NC[C@H]4O[C@H](O[C@H]5O[C@H](CNC(=O)NC[C@H]6O[C@H](O[C@H]7O[C@H](CNC(=O)NC[C@H]8O[C@H](O[C@H]9O[C@H](CN1)[C@@H](O)[C@H](O)[C@H]9O)[C@H](O)[C@@H](O)[C@@H]8O)[C@@H](O)[C@H](O)[C@H]7O)[C@H](O)[C@@H](O)[C@@H]6O)[C@@H](O)[C@H](O)[C@H]5O)[C@H](O)[C@@H](O)[C@@H]4O)[C@@H](O)[C@H](O)[C@H]3O)[C@H](O)[C@@H](O)[C@@H]2O. The Bertz CT molecular complexity index is 2170. The van der Waals surface area contributed by atoms with E-state index in [4.69, 9.17) is 56.8 Å². The van der Waals surface area contributed by atoms with Crippen molar-refractivity contribution >= 4 is 24.1 Å². The first kappa shape index (κ1) is 79.8. The Morgan fingerprint density at radius 3 is 0.360 bits per heavy atom. The number of nitrogens with one attached hydrogen (secondary N) is 8. The molecule has 9 rings (SSSR count). The quantitative estimate of drug-likeness (QED) is 0.107.